The maximum absolute atomic E-state index is 13.3. The number of hydrogen-bond donors (Lipinski definition) is 1. The quantitative estimate of drug-likeness (QED) is 0.350. The van der Waals surface area contributed by atoms with Gasteiger partial charge in [0.2, 0.25) is 0 Å². The number of aromatic nitrogens is 1. The second-order valence-electron chi connectivity index (χ2n) is 14.4. The van der Waals surface area contributed by atoms with Crippen molar-refractivity contribution in [3.05, 3.63) is 69.5 Å². The van der Waals surface area contributed by atoms with E-state index in [1.54, 1.807) is 0 Å². The minimum Gasteiger partial charge on any atom is -0.410 e. The number of hydrogen-bond acceptors (Lipinski definition) is 3. The first-order valence-corrected chi connectivity index (χ1v) is 17.5. The highest BCUT2D eigenvalue weighted by Crippen LogP contribution is 2.52. The van der Waals surface area contributed by atoms with E-state index in [-0.39, 0.29) is 22.5 Å². The van der Waals surface area contributed by atoms with Crippen LogP contribution < -0.4 is 0 Å². The lowest BCUT2D eigenvalue weighted by Gasteiger charge is -2.45. The smallest absolute Gasteiger partial charge is 0.410 e. The molecular weight excluding hydrogens is 527 g/mol. The highest BCUT2D eigenvalue weighted by atomic mass is 28.4. The molecule has 2 aromatic rings. The summed E-state index contributed by atoms with van der Waals surface area (Å²) in [5.74, 6) is 0.0231. The number of pyridine rings is 1. The van der Waals surface area contributed by atoms with E-state index in [0.717, 1.165) is 72.3 Å². The predicted molar refractivity (Wildman–Crippen MR) is 159 cm³/mol. The van der Waals surface area contributed by atoms with E-state index in [1.807, 2.05) is 0 Å². The Hall–Kier alpha value is -1.96. The normalized spacial score (nSPS) is 20.4. The van der Waals surface area contributed by atoms with E-state index in [2.05, 4.69) is 67.6 Å². The SMILES string of the molecule is CC(C)c1nc2c(c(C3=CCCC3)c1C(O)c1ccc(C(F)(F)F)cc1)[C@@H](O[Si](C)(C)C(C)(C)C)CC(C)(C)C2. The molecule has 0 saturated heterocycles. The van der Waals surface area contributed by atoms with E-state index in [1.165, 1.54) is 17.7 Å². The molecule has 7 heteroatoms. The molecule has 220 valence electrons. The Morgan fingerprint density at radius 1 is 1.07 bits per heavy atom. The average Bonchev–Trinajstić information content (AvgIpc) is 3.35. The number of rotatable bonds is 6. The van der Waals surface area contributed by atoms with Gasteiger partial charge in [-0.15, -0.1) is 0 Å². The van der Waals surface area contributed by atoms with Gasteiger partial charge in [-0.05, 0) is 90.4 Å². The fraction of sp³-hybridized carbons (Fsp3) is 0.606. The molecular formula is C33H46F3NO2Si. The van der Waals surface area contributed by atoms with Gasteiger partial charge in [0.1, 0.15) is 6.10 Å². The first-order chi connectivity index (χ1) is 18.3. The van der Waals surface area contributed by atoms with Crippen molar-refractivity contribution in [1.82, 2.24) is 4.98 Å². The summed E-state index contributed by atoms with van der Waals surface area (Å²) < 4.78 is 47.1. The van der Waals surface area contributed by atoms with Crippen LogP contribution in [0.3, 0.4) is 0 Å². The standard InChI is InChI=1S/C33H46F3NO2Si/c1-20(2)29-28(30(38)22-14-16-23(17-15-22)33(34,35)36)26(21-12-10-11-13-21)27-24(37-29)18-32(6,7)19-25(27)39-40(8,9)31(3,4)5/h12,14-17,20,25,30,38H,10-11,13,18-19H2,1-9H3/t25-,30?/m0/s1. The number of aliphatic hydroxyl groups excluding tert-OH is 1. The Bertz CT molecular complexity index is 1270. The van der Waals surface area contributed by atoms with Gasteiger partial charge in [0.05, 0.1) is 11.7 Å². The van der Waals surface area contributed by atoms with Crippen molar-refractivity contribution < 1.29 is 22.7 Å². The number of allylic oxidation sites excluding steroid dienone is 2. The van der Waals surface area contributed by atoms with Crippen LogP contribution in [0.1, 0.15) is 131 Å². The molecule has 0 spiro atoms. The highest BCUT2D eigenvalue weighted by molar-refractivity contribution is 6.74. The van der Waals surface area contributed by atoms with E-state index in [9.17, 15) is 18.3 Å². The Kier molecular flexibility index (Phi) is 8.29. The fourth-order valence-corrected chi connectivity index (χ4v) is 7.18. The van der Waals surface area contributed by atoms with Gasteiger partial charge in [0, 0.05) is 22.5 Å². The second-order valence-corrected chi connectivity index (χ2v) is 19.1. The summed E-state index contributed by atoms with van der Waals surface area (Å²) in [6, 6.07) is 4.91. The Morgan fingerprint density at radius 3 is 2.20 bits per heavy atom. The molecule has 0 amide bonds. The first kappa shape index (κ1) is 31.0. The minimum absolute atomic E-state index is 0.00380. The number of halogens is 3. The van der Waals surface area contributed by atoms with Gasteiger partial charge in [-0.2, -0.15) is 13.2 Å². The largest absolute Gasteiger partial charge is 0.416 e. The molecule has 40 heavy (non-hydrogen) atoms. The maximum atomic E-state index is 13.3. The summed E-state index contributed by atoms with van der Waals surface area (Å²) in [7, 11) is -2.17. The van der Waals surface area contributed by atoms with Crippen molar-refractivity contribution in [2.75, 3.05) is 0 Å². The fourth-order valence-electron chi connectivity index (χ4n) is 5.91. The molecule has 3 nitrogen and oxygen atoms in total. The van der Waals surface area contributed by atoms with Crippen LogP contribution in [0, 0.1) is 5.41 Å². The van der Waals surface area contributed by atoms with E-state index >= 15 is 0 Å². The van der Waals surface area contributed by atoms with Crippen LogP contribution in [0.2, 0.25) is 18.1 Å². The lowest BCUT2D eigenvalue weighted by Crippen LogP contribution is -2.44. The van der Waals surface area contributed by atoms with Gasteiger partial charge in [-0.25, -0.2) is 0 Å². The van der Waals surface area contributed by atoms with E-state index in [4.69, 9.17) is 9.41 Å². The molecule has 2 atom stereocenters. The Morgan fingerprint density at radius 2 is 1.70 bits per heavy atom. The third kappa shape index (κ3) is 6.12. The number of aliphatic hydroxyl groups is 1. The lowest BCUT2D eigenvalue weighted by molar-refractivity contribution is -0.137. The number of benzene rings is 1. The van der Waals surface area contributed by atoms with E-state index in [0.29, 0.717) is 5.56 Å². The lowest BCUT2D eigenvalue weighted by atomic mass is 9.71. The summed E-state index contributed by atoms with van der Waals surface area (Å²) >= 11 is 0. The van der Waals surface area contributed by atoms with Gasteiger partial charge in [-0.1, -0.05) is 66.7 Å². The van der Waals surface area contributed by atoms with Crippen LogP contribution in [0.25, 0.3) is 5.57 Å². The van der Waals surface area contributed by atoms with E-state index < -0.39 is 26.2 Å². The van der Waals surface area contributed by atoms with Crippen LogP contribution in [-0.2, 0) is 17.0 Å². The Balaban J connectivity index is 1.99. The molecule has 0 saturated carbocycles. The molecule has 1 N–H and O–H groups in total. The predicted octanol–water partition coefficient (Wildman–Crippen LogP) is 9.91. The summed E-state index contributed by atoms with van der Waals surface area (Å²) in [5.41, 5.74) is 5.61. The molecule has 0 radical (unpaired) electrons. The van der Waals surface area contributed by atoms with Crippen molar-refractivity contribution in [3.8, 4) is 0 Å². The van der Waals surface area contributed by atoms with Crippen LogP contribution in [0.15, 0.2) is 30.3 Å². The molecule has 0 aliphatic heterocycles. The highest BCUT2D eigenvalue weighted by Gasteiger charge is 2.45. The molecule has 1 heterocycles. The number of nitrogens with zero attached hydrogens (tertiary/aromatic N) is 1. The monoisotopic (exact) mass is 573 g/mol. The molecule has 4 rings (SSSR count). The summed E-state index contributed by atoms with van der Waals surface area (Å²) in [6.45, 7) is 20.0. The zero-order chi connectivity index (χ0) is 29.8. The summed E-state index contributed by atoms with van der Waals surface area (Å²) in [6.07, 6.45) is 1.16. The molecule has 0 fully saturated rings. The van der Waals surface area contributed by atoms with Crippen molar-refractivity contribution in [2.45, 2.75) is 123 Å². The molecule has 1 unspecified atom stereocenters. The van der Waals surface area contributed by atoms with Crippen molar-refractivity contribution in [1.29, 1.82) is 0 Å². The molecule has 2 aliphatic rings. The number of alkyl halides is 3. The topological polar surface area (TPSA) is 42.4 Å². The molecule has 1 aromatic heterocycles. The van der Waals surface area contributed by atoms with Crippen LogP contribution >= 0.6 is 0 Å². The van der Waals surface area contributed by atoms with Gasteiger partial charge in [0.25, 0.3) is 0 Å². The van der Waals surface area contributed by atoms with Crippen molar-refractivity contribution in [3.63, 3.8) is 0 Å². The Labute approximate surface area is 239 Å². The van der Waals surface area contributed by atoms with Crippen molar-refractivity contribution in [2.24, 2.45) is 5.41 Å². The van der Waals surface area contributed by atoms with Gasteiger partial charge in [-0.3, -0.25) is 4.98 Å². The molecule has 0 bridgehead atoms. The minimum atomic E-state index is -4.43. The van der Waals surface area contributed by atoms with Gasteiger partial charge < -0.3 is 9.53 Å². The van der Waals surface area contributed by atoms with Gasteiger partial charge in [0.15, 0.2) is 8.32 Å². The molecule has 1 aromatic carbocycles. The summed E-state index contributed by atoms with van der Waals surface area (Å²) in [4.78, 5) is 5.25. The third-order valence-electron chi connectivity index (χ3n) is 9.07. The van der Waals surface area contributed by atoms with Crippen LogP contribution in [0.5, 0.6) is 0 Å². The zero-order valence-electron chi connectivity index (χ0n) is 25.6. The van der Waals surface area contributed by atoms with Crippen LogP contribution in [-0.4, -0.2) is 18.4 Å². The third-order valence-corrected chi connectivity index (χ3v) is 13.6. The first-order valence-electron chi connectivity index (χ1n) is 14.6. The average molecular weight is 574 g/mol. The summed E-state index contributed by atoms with van der Waals surface area (Å²) in [5, 5.41) is 12.0. The maximum Gasteiger partial charge on any atom is 0.416 e. The van der Waals surface area contributed by atoms with Crippen molar-refractivity contribution >= 4 is 13.9 Å². The van der Waals surface area contributed by atoms with Crippen LogP contribution in [0.4, 0.5) is 13.2 Å². The zero-order valence-corrected chi connectivity index (χ0v) is 26.6. The molecule has 2 aliphatic carbocycles. The number of fused-ring (bicyclic) bond motifs is 1. The second kappa shape index (κ2) is 10.7. The van der Waals surface area contributed by atoms with Gasteiger partial charge >= 0.3 is 6.18 Å².